The lowest BCUT2D eigenvalue weighted by atomic mass is 9.77. The van der Waals surface area contributed by atoms with Gasteiger partial charge in [-0.3, -0.25) is 9.59 Å². The van der Waals surface area contributed by atoms with Gasteiger partial charge in [0.2, 0.25) is 5.91 Å². The van der Waals surface area contributed by atoms with E-state index >= 15 is 0 Å². The topological polar surface area (TPSA) is 55.2 Å². The highest BCUT2D eigenvalue weighted by Gasteiger charge is 2.46. The van der Waals surface area contributed by atoms with Gasteiger partial charge < -0.3 is 4.90 Å². The maximum Gasteiger partial charge on any atom is 0.267 e. The first kappa shape index (κ1) is 21.1. The lowest BCUT2D eigenvalue weighted by Gasteiger charge is -2.41. The van der Waals surface area contributed by atoms with E-state index in [0.29, 0.717) is 13.1 Å². The van der Waals surface area contributed by atoms with Crippen LogP contribution in [0.2, 0.25) is 0 Å². The van der Waals surface area contributed by atoms with Crippen molar-refractivity contribution in [2.75, 3.05) is 13.1 Å². The summed E-state index contributed by atoms with van der Waals surface area (Å²) in [5.41, 5.74) is 1.53. The molecule has 5 nitrogen and oxygen atoms in total. The predicted molar refractivity (Wildman–Crippen MR) is 128 cm³/mol. The molecule has 2 aromatic heterocycles. The van der Waals surface area contributed by atoms with Crippen molar-refractivity contribution in [1.82, 2.24) is 14.7 Å². The van der Waals surface area contributed by atoms with Crippen molar-refractivity contribution < 1.29 is 4.79 Å². The highest BCUT2D eigenvalue weighted by Crippen LogP contribution is 2.43. The minimum atomic E-state index is -0.387. The van der Waals surface area contributed by atoms with Gasteiger partial charge in [0.15, 0.2) is 0 Å². The number of benzene rings is 1. The van der Waals surface area contributed by atoms with Crippen molar-refractivity contribution >= 4 is 17.2 Å². The van der Waals surface area contributed by atoms with E-state index in [1.54, 1.807) is 28.2 Å². The SMILES string of the molecule is C[C@H]1CN(C(=O)C2(c3ccccc3)CCCC2)CC[C@@H]1n1nc(-c2cccs2)ccc1=O. The van der Waals surface area contributed by atoms with Crippen molar-refractivity contribution in [3.63, 3.8) is 0 Å². The van der Waals surface area contributed by atoms with Gasteiger partial charge in [-0.05, 0) is 48.3 Å². The molecule has 0 unspecified atom stereocenters. The van der Waals surface area contributed by atoms with Gasteiger partial charge in [0.05, 0.1) is 16.3 Å². The van der Waals surface area contributed by atoms with Gasteiger partial charge in [0.25, 0.3) is 5.56 Å². The summed E-state index contributed by atoms with van der Waals surface area (Å²) in [4.78, 5) is 29.6. The molecule has 3 heterocycles. The molecular weight excluding hydrogens is 418 g/mol. The number of hydrogen-bond donors (Lipinski definition) is 0. The molecule has 2 atom stereocenters. The minimum absolute atomic E-state index is 0.00251. The Labute approximate surface area is 192 Å². The molecule has 2 aliphatic rings. The summed E-state index contributed by atoms with van der Waals surface area (Å²) in [6.07, 6.45) is 4.80. The Morgan fingerprint density at radius 2 is 1.84 bits per heavy atom. The fraction of sp³-hybridized carbons (Fsp3) is 0.423. The number of amides is 1. The van der Waals surface area contributed by atoms with Gasteiger partial charge in [-0.1, -0.05) is 56.2 Å². The third-order valence-electron chi connectivity index (χ3n) is 7.25. The Hall–Kier alpha value is -2.73. The second-order valence-electron chi connectivity index (χ2n) is 9.22. The molecule has 1 aliphatic heterocycles. The highest BCUT2D eigenvalue weighted by atomic mass is 32.1. The average molecular weight is 448 g/mol. The maximum absolute atomic E-state index is 13.8. The molecule has 5 rings (SSSR count). The number of thiophene rings is 1. The van der Waals surface area contributed by atoms with Crippen LogP contribution in [0.5, 0.6) is 0 Å². The highest BCUT2D eigenvalue weighted by molar-refractivity contribution is 7.13. The predicted octanol–water partition coefficient (Wildman–Crippen LogP) is 4.89. The second kappa shape index (κ2) is 8.66. The van der Waals surface area contributed by atoms with E-state index in [1.807, 2.05) is 40.6 Å². The van der Waals surface area contributed by atoms with Crippen molar-refractivity contribution in [3.05, 3.63) is 75.9 Å². The maximum atomic E-state index is 13.8. The molecule has 0 radical (unpaired) electrons. The molecule has 0 bridgehead atoms. The standard InChI is InChI=1S/C26H29N3O2S/c1-19-18-28(25(31)26(14-5-6-15-26)20-8-3-2-4-9-20)16-13-22(19)29-24(30)12-11-21(27-29)23-10-7-17-32-23/h2-4,7-12,17,19,22H,5-6,13-16,18H2,1H3/t19-,22-/m0/s1. The van der Waals surface area contributed by atoms with Gasteiger partial charge in [-0.15, -0.1) is 11.3 Å². The molecular formula is C26H29N3O2S. The first-order valence-corrected chi connectivity index (χ1v) is 12.5. The molecule has 6 heteroatoms. The van der Waals surface area contributed by atoms with Crippen LogP contribution in [0.15, 0.2) is 64.8 Å². The normalized spacial score (nSPS) is 22.7. The van der Waals surface area contributed by atoms with Gasteiger partial charge in [-0.2, -0.15) is 5.10 Å². The van der Waals surface area contributed by atoms with Crippen LogP contribution in [0.3, 0.4) is 0 Å². The fourth-order valence-corrected chi connectivity index (χ4v) is 6.25. The Balaban J connectivity index is 1.37. The van der Waals surface area contributed by atoms with E-state index in [-0.39, 0.29) is 28.8 Å². The molecule has 2 fully saturated rings. The van der Waals surface area contributed by atoms with E-state index in [2.05, 4.69) is 19.1 Å². The fourth-order valence-electron chi connectivity index (χ4n) is 5.56. The van der Waals surface area contributed by atoms with Gasteiger partial charge in [0.1, 0.15) is 5.69 Å². The molecule has 166 valence electrons. The van der Waals surface area contributed by atoms with Crippen LogP contribution in [-0.4, -0.2) is 33.7 Å². The summed E-state index contributed by atoms with van der Waals surface area (Å²) in [6.45, 7) is 3.47. The van der Waals surface area contributed by atoms with Gasteiger partial charge in [0, 0.05) is 19.2 Å². The zero-order valence-corrected chi connectivity index (χ0v) is 19.3. The monoisotopic (exact) mass is 447 g/mol. The van der Waals surface area contributed by atoms with Crippen molar-refractivity contribution in [2.45, 2.75) is 50.5 Å². The molecule has 1 saturated carbocycles. The van der Waals surface area contributed by atoms with Crippen LogP contribution in [0, 0.1) is 5.92 Å². The molecule has 1 amide bonds. The lowest BCUT2D eigenvalue weighted by molar-refractivity contribution is -0.139. The third kappa shape index (κ3) is 3.71. The number of carbonyl (C=O) groups is 1. The van der Waals surface area contributed by atoms with Crippen molar-refractivity contribution in [2.24, 2.45) is 5.92 Å². The molecule has 32 heavy (non-hydrogen) atoms. The lowest BCUT2D eigenvalue weighted by Crippen LogP contribution is -2.51. The van der Waals surface area contributed by atoms with E-state index in [1.165, 1.54) is 0 Å². The Kier molecular flexibility index (Phi) is 5.72. The summed E-state index contributed by atoms with van der Waals surface area (Å²) in [5.74, 6) is 0.421. The smallest absolute Gasteiger partial charge is 0.267 e. The summed E-state index contributed by atoms with van der Waals surface area (Å²) >= 11 is 1.62. The summed E-state index contributed by atoms with van der Waals surface area (Å²) in [7, 11) is 0. The average Bonchev–Trinajstić information content (AvgIpc) is 3.53. The molecule has 1 aromatic carbocycles. The zero-order chi connectivity index (χ0) is 22.1. The minimum Gasteiger partial charge on any atom is -0.342 e. The second-order valence-corrected chi connectivity index (χ2v) is 10.2. The number of likely N-dealkylation sites (tertiary alicyclic amines) is 1. The summed E-state index contributed by atoms with van der Waals surface area (Å²) < 4.78 is 1.66. The van der Waals surface area contributed by atoms with E-state index in [4.69, 9.17) is 5.10 Å². The van der Waals surface area contributed by atoms with Crippen LogP contribution in [0.1, 0.15) is 50.6 Å². The van der Waals surface area contributed by atoms with E-state index < -0.39 is 0 Å². The Morgan fingerprint density at radius 1 is 1.06 bits per heavy atom. The number of nitrogens with zero attached hydrogens (tertiary/aromatic N) is 3. The van der Waals surface area contributed by atoms with E-state index in [9.17, 15) is 9.59 Å². The van der Waals surface area contributed by atoms with Gasteiger partial charge >= 0.3 is 0 Å². The molecule has 0 N–H and O–H groups in total. The quantitative estimate of drug-likeness (QED) is 0.572. The van der Waals surface area contributed by atoms with Crippen LogP contribution >= 0.6 is 11.3 Å². The number of piperidine rings is 1. The largest absolute Gasteiger partial charge is 0.342 e. The molecule has 1 saturated heterocycles. The number of aromatic nitrogens is 2. The number of hydrogen-bond acceptors (Lipinski definition) is 4. The molecule has 3 aromatic rings. The number of rotatable bonds is 4. The first-order valence-electron chi connectivity index (χ1n) is 11.6. The van der Waals surface area contributed by atoms with Crippen LogP contribution < -0.4 is 5.56 Å². The van der Waals surface area contributed by atoms with E-state index in [0.717, 1.165) is 48.2 Å². The first-order chi connectivity index (χ1) is 15.6. The summed E-state index contributed by atoms with van der Waals surface area (Å²) in [5, 5.41) is 6.73. The zero-order valence-electron chi connectivity index (χ0n) is 18.4. The third-order valence-corrected chi connectivity index (χ3v) is 8.15. The summed E-state index contributed by atoms with van der Waals surface area (Å²) in [6, 6.07) is 17.8. The molecule has 1 aliphatic carbocycles. The van der Waals surface area contributed by atoms with Crippen molar-refractivity contribution in [3.8, 4) is 10.6 Å². The van der Waals surface area contributed by atoms with Crippen LogP contribution in [0.4, 0.5) is 0 Å². The Bertz CT molecular complexity index is 1130. The van der Waals surface area contributed by atoms with Crippen LogP contribution in [0.25, 0.3) is 10.6 Å². The van der Waals surface area contributed by atoms with Crippen molar-refractivity contribution in [1.29, 1.82) is 0 Å². The molecule has 0 spiro atoms. The van der Waals surface area contributed by atoms with Gasteiger partial charge in [-0.25, -0.2) is 4.68 Å². The Morgan fingerprint density at radius 3 is 2.53 bits per heavy atom. The number of carbonyl (C=O) groups excluding carboxylic acids is 1. The van der Waals surface area contributed by atoms with Crippen LogP contribution in [-0.2, 0) is 10.2 Å².